The van der Waals surface area contributed by atoms with Gasteiger partial charge in [-0.15, -0.1) is 0 Å². The summed E-state index contributed by atoms with van der Waals surface area (Å²) in [6.07, 6.45) is 2.87. The van der Waals surface area contributed by atoms with Gasteiger partial charge in [0.1, 0.15) is 13.2 Å². The van der Waals surface area contributed by atoms with Crippen LogP contribution in [0.3, 0.4) is 0 Å². The van der Waals surface area contributed by atoms with Gasteiger partial charge >= 0.3 is 11.9 Å². The molecule has 0 amide bonds. The molecule has 4 heterocycles. The summed E-state index contributed by atoms with van der Waals surface area (Å²) in [6.45, 7) is 0.637. The van der Waals surface area contributed by atoms with Crippen LogP contribution >= 0.6 is 0 Å². The molecule has 1 aliphatic carbocycles. The van der Waals surface area contributed by atoms with Crippen LogP contribution in [-0.2, 0) is 32.3 Å². The highest BCUT2D eigenvalue weighted by Crippen LogP contribution is 2.31. The molecule has 4 bridgehead atoms. The van der Waals surface area contributed by atoms with Crippen LogP contribution in [0.5, 0.6) is 0 Å². The largest absolute Gasteiger partial charge is 0.461 e. The van der Waals surface area contributed by atoms with Gasteiger partial charge in [-0.25, -0.2) is 0 Å². The molecule has 0 unspecified atom stereocenters. The third-order valence-electron chi connectivity index (χ3n) is 4.18. The number of hydrogen-bond acceptors (Lipinski definition) is 4. The van der Waals surface area contributed by atoms with Crippen molar-refractivity contribution < 1.29 is 19.1 Å². The first-order valence-corrected chi connectivity index (χ1v) is 7.13. The van der Waals surface area contributed by atoms with E-state index >= 15 is 0 Å². The van der Waals surface area contributed by atoms with Crippen molar-refractivity contribution in [2.75, 3.05) is 0 Å². The number of carbonyl (C=O) groups excluding carboxylic acids is 2. The highest BCUT2D eigenvalue weighted by Gasteiger charge is 2.31. The lowest BCUT2D eigenvalue weighted by Gasteiger charge is -2.26. The quantitative estimate of drug-likeness (QED) is 0.682. The normalized spacial score (nSPS) is 26.8. The minimum absolute atomic E-state index is 0.0683. The summed E-state index contributed by atoms with van der Waals surface area (Å²) in [5.41, 5.74) is 1.92. The monoisotopic (exact) mass is 274 g/mol. The van der Waals surface area contributed by atoms with E-state index in [1.165, 1.54) is 0 Å². The molecule has 1 aromatic carbocycles. The van der Waals surface area contributed by atoms with E-state index in [4.69, 9.17) is 9.47 Å². The Kier molecular flexibility index (Phi) is 3.72. The fraction of sp³-hybridized carbons (Fsp3) is 0.500. The van der Waals surface area contributed by atoms with Crippen molar-refractivity contribution in [1.29, 1.82) is 0 Å². The van der Waals surface area contributed by atoms with Crippen molar-refractivity contribution in [2.24, 2.45) is 11.8 Å². The number of carbonyl (C=O) groups is 2. The number of ether oxygens (including phenoxy) is 2. The molecule has 0 spiro atoms. The Morgan fingerprint density at radius 2 is 1.05 bits per heavy atom. The maximum absolute atomic E-state index is 12.0. The summed E-state index contributed by atoms with van der Waals surface area (Å²) in [6, 6.07) is 7.61. The molecule has 106 valence electrons. The summed E-state index contributed by atoms with van der Waals surface area (Å²) in [5, 5.41) is 0. The van der Waals surface area contributed by atoms with Crippen LogP contribution in [-0.4, -0.2) is 11.9 Å². The number of esters is 2. The molecule has 0 radical (unpaired) electrons. The molecule has 6 rings (SSSR count). The van der Waals surface area contributed by atoms with Gasteiger partial charge in [0.05, 0.1) is 11.8 Å². The van der Waals surface area contributed by atoms with Gasteiger partial charge in [0, 0.05) is 0 Å². The van der Waals surface area contributed by atoms with E-state index in [0.717, 1.165) is 36.8 Å². The zero-order chi connectivity index (χ0) is 13.9. The van der Waals surface area contributed by atoms with Crippen molar-refractivity contribution in [2.45, 2.75) is 38.9 Å². The van der Waals surface area contributed by atoms with Crippen molar-refractivity contribution in [3.63, 3.8) is 0 Å². The maximum Gasteiger partial charge on any atom is 0.309 e. The van der Waals surface area contributed by atoms with E-state index in [1.807, 2.05) is 24.3 Å². The predicted molar refractivity (Wildman–Crippen MR) is 71.5 cm³/mol. The van der Waals surface area contributed by atoms with Crippen LogP contribution in [0.1, 0.15) is 36.8 Å². The topological polar surface area (TPSA) is 52.6 Å². The molecule has 0 saturated heterocycles. The lowest BCUT2D eigenvalue weighted by atomic mass is 9.82. The van der Waals surface area contributed by atoms with Gasteiger partial charge in [-0.1, -0.05) is 24.3 Å². The first-order chi connectivity index (χ1) is 9.72. The van der Waals surface area contributed by atoms with E-state index < -0.39 is 0 Å². The second-order valence-corrected chi connectivity index (χ2v) is 5.58. The van der Waals surface area contributed by atoms with Crippen LogP contribution < -0.4 is 0 Å². The number of rotatable bonds is 0. The van der Waals surface area contributed by atoms with Crippen LogP contribution in [0, 0.1) is 11.8 Å². The summed E-state index contributed by atoms with van der Waals surface area (Å²) in [7, 11) is 0. The zero-order valence-electron chi connectivity index (χ0n) is 11.3. The third kappa shape index (κ3) is 2.84. The van der Waals surface area contributed by atoms with E-state index in [9.17, 15) is 9.59 Å². The summed E-state index contributed by atoms with van der Waals surface area (Å²) in [4.78, 5) is 24.0. The van der Waals surface area contributed by atoms with Gasteiger partial charge in [0.15, 0.2) is 0 Å². The van der Waals surface area contributed by atoms with Crippen molar-refractivity contribution in [3.8, 4) is 0 Å². The Hall–Kier alpha value is -1.84. The maximum atomic E-state index is 12.0. The van der Waals surface area contributed by atoms with E-state index in [2.05, 4.69) is 0 Å². The average Bonchev–Trinajstić information content (AvgIpc) is 2.51. The molecular weight excluding hydrogens is 256 g/mol. The van der Waals surface area contributed by atoms with Gasteiger partial charge in [-0.3, -0.25) is 9.59 Å². The second-order valence-electron chi connectivity index (χ2n) is 5.58. The van der Waals surface area contributed by atoms with Crippen molar-refractivity contribution >= 4 is 11.9 Å². The predicted octanol–water partition coefficient (Wildman–Crippen LogP) is 2.59. The molecule has 4 nitrogen and oxygen atoms in total. The fourth-order valence-electron chi connectivity index (χ4n) is 2.84. The second kappa shape index (κ2) is 5.65. The molecule has 1 saturated carbocycles. The Morgan fingerprint density at radius 3 is 1.40 bits per heavy atom. The van der Waals surface area contributed by atoms with E-state index in [0.29, 0.717) is 13.2 Å². The Labute approximate surface area is 118 Å². The molecule has 4 heteroatoms. The van der Waals surface area contributed by atoms with Crippen molar-refractivity contribution in [3.05, 3.63) is 35.4 Å². The van der Waals surface area contributed by atoms with Gasteiger partial charge in [-0.2, -0.15) is 0 Å². The Bertz CT molecular complexity index is 451. The average molecular weight is 274 g/mol. The number of benzene rings is 1. The van der Waals surface area contributed by atoms with Crippen LogP contribution in [0.2, 0.25) is 0 Å². The highest BCUT2D eigenvalue weighted by molar-refractivity contribution is 5.75. The van der Waals surface area contributed by atoms with Gasteiger partial charge in [-0.05, 0) is 36.8 Å². The third-order valence-corrected chi connectivity index (χ3v) is 4.18. The Morgan fingerprint density at radius 1 is 0.700 bits per heavy atom. The molecule has 4 aliphatic heterocycles. The van der Waals surface area contributed by atoms with Crippen molar-refractivity contribution in [1.82, 2.24) is 0 Å². The number of hydrogen-bond donors (Lipinski definition) is 0. The minimum atomic E-state index is -0.141. The molecule has 0 N–H and O–H groups in total. The Balaban J connectivity index is 1.80. The van der Waals surface area contributed by atoms with Gasteiger partial charge in [0.2, 0.25) is 0 Å². The van der Waals surface area contributed by atoms with Gasteiger partial charge < -0.3 is 9.47 Å². The van der Waals surface area contributed by atoms with E-state index in [1.54, 1.807) is 0 Å². The lowest BCUT2D eigenvalue weighted by molar-refractivity contribution is -0.156. The molecule has 0 aromatic heterocycles. The van der Waals surface area contributed by atoms with Crippen LogP contribution in [0.15, 0.2) is 24.3 Å². The minimum Gasteiger partial charge on any atom is -0.461 e. The molecule has 1 fully saturated rings. The van der Waals surface area contributed by atoms with Gasteiger partial charge in [0.25, 0.3) is 0 Å². The molecule has 0 atom stereocenters. The summed E-state index contributed by atoms with van der Waals surface area (Å²) >= 11 is 0. The molecule has 5 aliphatic rings. The fourth-order valence-corrected chi connectivity index (χ4v) is 2.84. The lowest BCUT2D eigenvalue weighted by Crippen LogP contribution is -2.28. The molecule has 1 aromatic rings. The SMILES string of the molecule is O=C1OCc2ccc(cc2)COC(=O)C2CCC1CC2. The highest BCUT2D eigenvalue weighted by atomic mass is 16.5. The summed E-state index contributed by atoms with van der Waals surface area (Å²) < 4.78 is 10.7. The summed E-state index contributed by atoms with van der Waals surface area (Å²) in [5.74, 6) is -0.418. The first kappa shape index (κ1) is 13.2. The molecule has 20 heavy (non-hydrogen) atoms. The zero-order valence-corrected chi connectivity index (χ0v) is 11.3. The van der Waals surface area contributed by atoms with Crippen LogP contribution in [0.4, 0.5) is 0 Å². The molecular formula is C16H18O4. The van der Waals surface area contributed by atoms with E-state index in [-0.39, 0.29) is 23.8 Å². The van der Waals surface area contributed by atoms with Crippen LogP contribution in [0.25, 0.3) is 0 Å². The first-order valence-electron chi connectivity index (χ1n) is 7.13. The standard InChI is InChI=1S/C16H18O4/c17-15-13-5-7-14(8-6-13)16(18)20-10-12-2-1-11(3-4-12)9-19-15/h1-4,13-14H,5-10H2. The smallest absolute Gasteiger partial charge is 0.309 e.